The van der Waals surface area contributed by atoms with Crippen molar-refractivity contribution < 1.29 is 89.8 Å². The number of aromatic amines is 4. The van der Waals surface area contributed by atoms with Gasteiger partial charge in [0.1, 0.15) is 0 Å². The van der Waals surface area contributed by atoms with Crippen LogP contribution in [0.3, 0.4) is 0 Å². The maximum absolute atomic E-state index is 12.4. The van der Waals surface area contributed by atoms with E-state index in [2.05, 4.69) is 19.9 Å². The lowest BCUT2D eigenvalue weighted by atomic mass is 9.94. The molecule has 0 aromatic carbocycles. The highest BCUT2D eigenvalue weighted by molar-refractivity contribution is 5.75. The summed E-state index contributed by atoms with van der Waals surface area (Å²) >= 11 is 0. The van der Waals surface area contributed by atoms with Gasteiger partial charge in [0.05, 0.1) is 33.6 Å². The Morgan fingerprint density at radius 1 is 0.393 bits per heavy atom. The zero-order valence-electron chi connectivity index (χ0n) is 36.2. The fraction of sp³-hybridized carbons (Fsp3) is 0.400. The van der Waals surface area contributed by atoms with E-state index in [1.54, 1.807) is 0 Å². The molecule has 0 aliphatic carbocycles. The van der Waals surface area contributed by atoms with Crippen LogP contribution in [0.1, 0.15) is 116 Å². The molecule has 21 heteroatoms. The highest BCUT2D eigenvalue weighted by atomic mass is 16.4. The van der Waals surface area contributed by atoms with Gasteiger partial charge in [0.2, 0.25) is 0 Å². The molecule has 0 saturated heterocycles. The van der Waals surface area contributed by atoms with Gasteiger partial charge in [-0.1, -0.05) is 0 Å². The molecule has 0 spiro atoms. The predicted molar refractivity (Wildman–Crippen MR) is 207 cm³/mol. The first kappa shape index (κ1) is 40.6. The Morgan fingerprint density at radius 3 is 1.03 bits per heavy atom. The number of carboxylic acids is 8. The summed E-state index contributed by atoms with van der Waals surface area (Å²) in [6.45, 7) is -2.12. The van der Waals surface area contributed by atoms with Gasteiger partial charge in [0.25, 0.3) is 0 Å². The molecule has 0 aliphatic heterocycles. The normalized spacial score (nSPS) is 14.2. The maximum Gasteiger partial charge on any atom is 0.307 e. The van der Waals surface area contributed by atoms with E-state index in [0.29, 0.717) is 0 Å². The van der Waals surface area contributed by atoms with Crippen LogP contribution in [-0.4, -0.2) is 114 Å². The smallest absolute Gasteiger partial charge is 0.307 e. The predicted octanol–water partition coefficient (Wildman–Crippen LogP) is 1.84. The van der Waals surface area contributed by atoms with E-state index in [-0.39, 0.29) is 85.1 Å². The molecule has 4 atom stereocenters. The van der Waals surface area contributed by atoms with Gasteiger partial charge in [0, 0.05) is 95.0 Å². The molecule has 0 saturated carbocycles. The molecule has 13 N–H and O–H groups in total. The van der Waals surface area contributed by atoms with Crippen molar-refractivity contribution in [3.05, 3.63) is 90.6 Å². The number of hydrogen-bond donors (Lipinski definition) is 13. The highest BCUT2D eigenvalue weighted by Gasteiger charge is 2.28. The number of H-pyrrole nitrogens is 4. The minimum absolute atomic E-state index is 0.0192. The zero-order valence-corrected chi connectivity index (χ0v) is 32.2. The van der Waals surface area contributed by atoms with Crippen molar-refractivity contribution in [2.75, 3.05) is 0 Å². The van der Waals surface area contributed by atoms with Crippen LogP contribution in [0.5, 0.6) is 0 Å². The Hall–Kier alpha value is -7.16. The first-order chi connectivity index (χ1) is 30.4. The van der Waals surface area contributed by atoms with E-state index < -0.39 is 150 Å². The third kappa shape index (κ3) is 12.7. The topological polar surface area (TPSA) is 382 Å². The lowest BCUT2D eigenvalue weighted by Crippen LogP contribution is -2.09. The maximum atomic E-state index is 12.4. The summed E-state index contributed by atoms with van der Waals surface area (Å²) in [6.07, 6.45) is -11.4. The number of rotatable bonds is 27. The van der Waals surface area contributed by atoms with Crippen molar-refractivity contribution in [1.29, 1.82) is 0 Å². The molecule has 328 valence electrons. The van der Waals surface area contributed by atoms with E-state index in [0.717, 1.165) is 0 Å². The number of carbonyl (C=O) groups is 8. The van der Waals surface area contributed by atoms with Gasteiger partial charge < -0.3 is 65.9 Å². The molecule has 61 heavy (non-hydrogen) atoms. The van der Waals surface area contributed by atoms with Crippen LogP contribution >= 0.6 is 0 Å². The number of aliphatic carboxylic acids is 8. The Morgan fingerprint density at radius 2 is 0.689 bits per heavy atom. The van der Waals surface area contributed by atoms with Crippen molar-refractivity contribution in [3.63, 3.8) is 0 Å². The fourth-order valence-electron chi connectivity index (χ4n) is 7.10. The monoisotopic (exact) mass is 862 g/mol. The molecule has 0 fully saturated rings. The molecule has 0 amide bonds. The third-order valence-corrected chi connectivity index (χ3v) is 9.65. The van der Waals surface area contributed by atoms with Crippen LogP contribution in [0.2, 0.25) is 0 Å². The first-order valence-corrected chi connectivity index (χ1v) is 18.4. The fourth-order valence-corrected chi connectivity index (χ4v) is 7.10. The van der Waals surface area contributed by atoms with Crippen LogP contribution in [0.15, 0.2) is 6.20 Å². The number of hydrogen-bond acceptors (Lipinski definition) is 9. The zero-order chi connectivity index (χ0) is 48.6. The number of nitrogens with one attached hydrogen (secondary N) is 4. The lowest BCUT2D eigenvalue weighted by molar-refractivity contribution is -0.138. The van der Waals surface area contributed by atoms with E-state index in [4.69, 9.17) is 1.37 Å². The summed E-state index contributed by atoms with van der Waals surface area (Å²) in [6, 6.07) is 0. The summed E-state index contributed by atoms with van der Waals surface area (Å²) in [5, 5.41) is 88.0. The number of aromatic nitrogens is 4. The van der Waals surface area contributed by atoms with Gasteiger partial charge >= 0.3 is 47.8 Å². The van der Waals surface area contributed by atoms with Gasteiger partial charge in [-0.05, 0) is 70.2 Å². The van der Waals surface area contributed by atoms with Crippen LogP contribution in [0, 0.1) is 0 Å². The van der Waals surface area contributed by atoms with Crippen LogP contribution in [0.4, 0.5) is 0 Å². The average molecular weight is 863 g/mol. The average Bonchev–Trinajstić information content (AvgIpc) is 3.95. The molecule has 0 bridgehead atoms. The van der Waals surface area contributed by atoms with Gasteiger partial charge in [0.15, 0.2) is 0 Å². The standard InChI is InChI=1S/C40H46N4O17/c45-17-32-25(12-40(60)61)21(4-8-36(52)53)29(44-32)15-31-24(11-39(58)59)20(3-7-35(50)51)28(43-31)14-30-23(10-38(56)57)19(2-6-34(48)49)27(42-30)13-26-22(9-37(54)55)18(16-41-26)1-5-33(46)47/h16,41-45H,1-15,17H2,(H,46,47)(H,48,49)(H,50,51)(H,52,53)(H,54,55)(H,56,57)(H,58,59)(H,60,61)/i13T,14T,15T,17T. The van der Waals surface area contributed by atoms with Crippen molar-refractivity contribution in [2.45, 2.75) is 103 Å². The van der Waals surface area contributed by atoms with E-state index in [9.17, 15) is 88.4 Å². The Kier molecular flexibility index (Phi) is 13.8. The molecule has 0 radical (unpaired) electrons. The minimum atomic E-state index is -2.12. The first-order valence-electron chi connectivity index (χ1n) is 20.7. The van der Waals surface area contributed by atoms with Crippen LogP contribution < -0.4 is 0 Å². The number of aliphatic hydroxyl groups excluding tert-OH is 1. The van der Waals surface area contributed by atoms with Gasteiger partial charge in [-0.2, -0.15) is 0 Å². The van der Waals surface area contributed by atoms with Gasteiger partial charge in [-0.15, -0.1) is 0 Å². The number of carboxylic acid groups (broad SMARTS) is 8. The molecular formula is C40H46N4O17. The molecule has 4 unspecified atom stereocenters. The van der Waals surface area contributed by atoms with E-state index in [1.807, 2.05) is 0 Å². The molecule has 4 aromatic heterocycles. The lowest BCUT2D eigenvalue weighted by Gasteiger charge is -2.09. The Balaban J connectivity index is 2.07. The second kappa shape index (κ2) is 20.7. The minimum Gasteiger partial charge on any atom is -0.481 e. The van der Waals surface area contributed by atoms with Crippen LogP contribution in [0.25, 0.3) is 0 Å². The molecule has 21 nitrogen and oxygen atoms in total. The molecular weight excluding hydrogens is 808 g/mol. The van der Waals surface area contributed by atoms with Gasteiger partial charge in [-0.3, -0.25) is 38.4 Å². The number of aliphatic hydroxyl groups is 1. The van der Waals surface area contributed by atoms with Crippen molar-refractivity contribution in [3.8, 4) is 0 Å². The number of aryl methyl sites for hydroxylation is 1. The third-order valence-electron chi connectivity index (χ3n) is 9.65. The molecule has 4 heterocycles. The summed E-state index contributed by atoms with van der Waals surface area (Å²) in [7, 11) is 0. The van der Waals surface area contributed by atoms with Gasteiger partial charge in [-0.25, -0.2) is 0 Å². The Bertz CT molecular complexity index is 2500. The largest absolute Gasteiger partial charge is 0.481 e. The second-order valence-electron chi connectivity index (χ2n) is 13.9. The van der Waals surface area contributed by atoms with Crippen molar-refractivity contribution >= 4 is 47.8 Å². The van der Waals surface area contributed by atoms with E-state index >= 15 is 0 Å². The SMILES string of the molecule is [3H]C(O)c1[nH]c(C([3H])c2[nH]c(C([3H])c3[nH]c(C([3H])c4[nH]cc(CCC(=O)O)c4CC(=O)O)c(CCC(=O)O)c3CC(=O)O)c(CCC(=O)O)c2CC(=O)O)c(CCC(=O)O)c1CC(=O)O. The Labute approximate surface area is 350 Å². The van der Waals surface area contributed by atoms with Crippen LogP contribution in [-0.2, 0) is 115 Å². The summed E-state index contributed by atoms with van der Waals surface area (Å²) in [5.74, 6) is -11.1. The molecule has 0 aliphatic rings. The molecule has 4 aromatic rings. The van der Waals surface area contributed by atoms with E-state index in [1.165, 1.54) is 6.20 Å². The highest BCUT2D eigenvalue weighted by Crippen LogP contribution is 2.33. The quantitative estimate of drug-likeness (QED) is 0.0407. The summed E-state index contributed by atoms with van der Waals surface area (Å²) in [4.78, 5) is 107. The summed E-state index contributed by atoms with van der Waals surface area (Å²) in [5.41, 5.74) is -2.66. The second-order valence-corrected chi connectivity index (χ2v) is 13.9. The van der Waals surface area contributed by atoms with Crippen molar-refractivity contribution in [1.82, 2.24) is 19.9 Å². The van der Waals surface area contributed by atoms with Crippen molar-refractivity contribution in [2.24, 2.45) is 0 Å². The summed E-state index contributed by atoms with van der Waals surface area (Å²) < 4.78 is 36.3. The molecule has 4 rings (SSSR count).